The first-order valence-corrected chi connectivity index (χ1v) is 7.58. The molecule has 0 unspecified atom stereocenters. The van der Waals surface area contributed by atoms with E-state index >= 15 is 0 Å². The third kappa shape index (κ3) is 3.10. The Morgan fingerprint density at radius 2 is 1.79 bits per heavy atom. The Labute approximate surface area is 115 Å². The molecule has 0 atom stereocenters. The van der Waals surface area contributed by atoms with Crippen molar-refractivity contribution >= 4 is 11.9 Å². The number of carboxylic acids is 1. The summed E-state index contributed by atoms with van der Waals surface area (Å²) in [7, 11) is 0. The first kappa shape index (κ1) is 14.4. The third-order valence-electron chi connectivity index (χ3n) is 5.06. The maximum Gasteiger partial charge on any atom is 0.303 e. The van der Waals surface area contributed by atoms with E-state index in [-0.39, 0.29) is 17.8 Å². The van der Waals surface area contributed by atoms with Crippen LogP contribution in [0.25, 0.3) is 0 Å². The van der Waals surface area contributed by atoms with Crippen molar-refractivity contribution < 1.29 is 14.7 Å². The zero-order valence-corrected chi connectivity index (χ0v) is 11.9. The maximum atomic E-state index is 12.7. The number of likely N-dealkylation sites (tertiary alicyclic amines) is 1. The molecule has 1 saturated heterocycles. The fourth-order valence-electron chi connectivity index (χ4n) is 3.69. The third-order valence-corrected chi connectivity index (χ3v) is 5.06. The minimum absolute atomic E-state index is 0.0976. The topological polar surface area (TPSA) is 57.6 Å². The van der Waals surface area contributed by atoms with Crippen LogP contribution >= 0.6 is 0 Å². The average Bonchev–Trinajstić information content (AvgIpc) is 2.88. The monoisotopic (exact) mass is 267 g/mol. The molecule has 1 aliphatic carbocycles. The Morgan fingerprint density at radius 1 is 1.21 bits per heavy atom. The molecule has 2 fully saturated rings. The van der Waals surface area contributed by atoms with Crippen molar-refractivity contribution in [3.05, 3.63) is 0 Å². The van der Waals surface area contributed by atoms with E-state index < -0.39 is 5.97 Å². The lowest BCUT2D eigenvalue weighted by molar-refractivity contribution is -0.144. The van der Waals surface area contributed by atoms with Crippen LogP contribution in [0.2, 0.25) is 0 Å². The Hall–Kier alpha value is -1.06. The Kier molecular flexibility index (Phi) is 4.48. The van der Waals surface area contributed by atoms with Crippen molar-refractivity contribution in [2.75, 3.05) is 13.1 Å². The van der Waals surface area contributed by atoms with Gasteiger partial charge in [0.05, 0.1) is 0 Å². The van der Waals surface area contributed by atoms with Crippen LogP contribution < -0.4 is 0 Å². The lowest BCUT2D eigenvalue weighted by Gasteiger charge is -2.38. The normalized spacial score (nSPS) is 23.5. The van der Waals surface area contributed by atoms with Crippen molar-refractivity contribution in [3.63, 3.8) is 0 Å². The van der Waals surface area contributed by atoms with E-state index in [2.05, 4.69) is 6.92 Å². The van der Waals surface area contributed by atoms with Gasteiger partial charge in [-0.1, -0.05) is 19.8 Å². The molecule has 0 aromatic carbocycles. The van der Waals surface area contributed by atoms with E-state index in [1.54, 1.807) is 0 Å². The number of nitrogens with zero attached hydrogens (tertiary/aromatic N) is 1. The highest BCUT2D eigenvalue weighted by atomic mass is 16.4. The van der Waals surface area contributed by atoms with Crippen LogP contribution in [0.5, 0.6) is 0 Å². The highest BCUT2D eigenvalue weighted by molar-refractivity contribution is 5.83. The molecule has 0 bridgehead atoms. The molecule has 0 aromatic heterocycles. The average molecular weight is 267 g/mol. The number of carbonyl (C=O) groups is 2. The van der Waals surface area contributed by atoms with Gasteiger partial charge >= 0.3 is 5.97 Å². The number of hydrogen-bond acceptors (Lipinski definition) is 2. The summed E-state index contributed by atoms with van der Waals surface area (Å²) in [6, 6.07) is 0. The second kappa shape index (κ2) is 5.93. The summed E-state index contributed by atoms with van der Waals surface area (Å²) in [6.07, 6.45) is 7.32. The Morgan fingerprint density at radius 3 is 2.26 bits per heavy atom. The fraction of sp³-hybridized carbons (Fsp3) is 0.867. The van der Waals surface area contributed by atoms with E-state index in [0.717, 1.165) is 45.2 Å². The summed E-state index contributed by atoms with van der Waals surface area (Å²) in [5.74, 6) is -0.130. The smallest absolute Gasteiger partial charge is 0.303 e. The molecule has 4 nitrogen and oxygen atoms in total. The molecular formula is C15H25NO3. The highest BCUT2D eigenvalue weighted by Gasteiger charge is 2.42. The SMILES string of the molecule is CCC1(C(=O)N2CCC(CC(=O)O)CC2)CCCC1. The lowest BCUT2D eigenvalue weighted by atomic mass is 9.81. The van der Waals surface area contributed by atoms with E-state index in [4.69, 9.17) is 5.11 Å². The number of rotatable bonds is 4. The van der Waals surface area contributed by atoms with Crippen molar-refractivity contribution in [3.8, 4) is 0 Å². The van der Waals surface area contributed by atoms with Crippen LogP contribution in [0.15, 0.2) is 0 Å². The number of carbonyl (C=O) groups excluding carboxylic acids is 1. The van der Waals surface area contributed by atoms with E-state index in [1.165, 1.54) is 12.8 Å². The second-order valence-corrected chi connectivity index (χ2v) is 6.17. The van der Waals surface area contributed by atoms with Gasteiger partial charge in [0.15, 0.2) is 0 Å². The minimum Gasteiger partial charge on any atom is -0.481 e. The molecule has 1 heterocycles. The molecule has 0 radical (unpaired) electrons. The minimum atomic E-state index is -0.717. The van der Waals surface area contributed by atoms with Crippen LogP contribution in [0.1, 0.15) is 58.3 Å². The van der Waals surface area contributed by atoms with Crippen molar-refractivity contribution in [2.24, 2.45) is 11.3 Å². The van der Waals surface area contributed by atoms with Gasteiger partial charge in [-0.05, 0) is 38.0 Å². The van der Waals surface area contributed by atoms with Crippen molar-refractivity contribution in [1.82, 2.24) is 4.90 Å². The Bertz CT molecular complexity index is 339. The van der Waals surface area contributed by atoms with Gasteiger partial charge < -0.3 is 10.0 Å². The van der Waals surface area contributed by atoms with E-state index in [1.807, 2.05) is 4.90 Å². The number of piperidine rings is 1. The van der Waals surface area contributed by atoms with Crippen molar-refractivity contribution in [2.45, 2.75) is 58.3 Å². The zero-order valence-electron chi connectivity index (χ0n) is 11.9. The number of amides is 1. The Balaban J connectivity index is 1.90. The molecular weight excluding hydrogens is 242 g/mol. The lowest BCUT2D eigenvalue weighted by Crippen LogP contribution is -2.46. The predicted octanol–water partition coefficient (Wildman–Crippen LogP) is 2.67. The summed E-state index contributed by atoms with van der Waals surface area (Å²) in [4.78, 5) is 25.4. The standard InChI is InChI=1S/C15H25NO3/c1-2-15(7-3-4-8-15)14(19)16-9-5-12(6-10-16)11-13(17)18/h12H,2-11H2,1H3,(H,17,18). The van der Waals surface area contributed by atoms with Crippen LogP contribution in [-0.4, -0.2) is 35.0 Å². The summed E-state index contributed by atoms with van der Waals surface area (Å²) >= 11 is 0. The molecule has 1 amide bonds. The molecule has 108 valence electrons. The molecule has 1 aliphatic heterocycles. The first-order valence-electron chi connectivity index (χ1n) is 7.58. The van der Waals surface area contributed by atoms with Gasteiger partial charge in [-0.3, -0.25) is 9.59 Å². The number of carboxylic acid groups (broad SMARTS) is 1. The van der Waals surface area contributed by atoms with Crippen LogP contribution in [0, 0.1) is 11.3 Å². The molecule has 4 heteroatoms. The molecule has 0 aromatic rings. The largest absolute Gasteiger partial charge is 0.481 e. The van der Waals surface area contributed by atoms with Gasteiger partial charge in [0, 0.05) is 24.9 Å². The molecule has 1 saturated carbocycles. The van der Waals surface area contributed by atoms with Crippen LogP contribution in [0.3, 0.4) is 0 Å². The first-order chi connectivity index (χ1) is 9.07. The fourth-order valence-corrected chi connectivity index (χ4v) is 3.69. The highest BCUT2D eigenvalue weighted by Crippen LogP contribution is 2.43. The molecule has 19 heavy (non-hydrogen) atoms. The molecule has 2 aliphatic rings. The quantitative estimate of drug-likeness (QED) is 0.852. The van der Waals surface area contributed by atoms with Gasteiger partial charge in [-0.25, -0.2) is 0 Å². The van der Waals surface area contributed by atoms with Crippen molar-refractivity contribution in [1.29, 1.82) is 0 Å². The van der Waals surface area contributed by atoms with Gasteiger partial charge in [-0.15, -0.1) is 0 Å². The van der Waals surface area contributed by atoms with Crippen LogP contribution in [0.4, 0.5) is 0 Å². The molecule has 1 N–H and O–H groups in total. The summed E-state index contributed by atoms with van der Waals surface area (Å²) in [5.41, 5.74) is -0.0976. The zero-order chi connectivity index (χ0) is 13.9. The van der Waals surface area contributed by atoms with Gasteiger partial charge in [0.1, 0.15) is 0 Å². The van der Waals surface area contributed by atoms with Gasteiger partial charge in [0.25, 0.3) is 0 Å². The molecule has 2 rings (SSSR count). The summed E-state index contributed by atoms with van der Waals surface area (Å²) in [6.45, 7) is 3.62. The summed E-state index contributed by atoms with van der Waals surface area (Å²) in [5, 5.41) is 8.81. The predicted molar refractivity (Wildman–Crippen MR) is 72.7 cm³/mol. The second-order valence-electron chi connectivity index (χ2n) is 6.17. The summed E-state index contributed by atoms with van der Waals surface area (Å²) < 4.78 is 0. The van der Waals surface area contributed by atoms with Gasteiger partial charge in [-0.2, -0.15) is 0 Å². The van der Waals surface area contributed by atoms with E-state index in [0.29, 0.717) is 5.91 Å². The number of aliphatic carboxylic acids is 1. The van der Waals surface area contributed by atoms with Crippen LogP contribution in [-0.2, 0) is 9.59 Å². The number of hydrogen-bond donors (Lipinski definition) is 1. The van der Waals surface area contributed by atoms with Gasteiger partial charge in [0.2, 0.25) is 5.91 Å². The van der Waals surface area contributed by atoms with E-state index in [9.17, 15) is 9.59 Å². The maximum absolute atomic E-state index is 12.7. The molecule has 0 spiro atoms.